The molecule has 1 saturated heterocycles. The first kappa shape index (κ1) is 30.3. The molecule has 2 aliphatic heterocycles. The van der Waals surface area contributed by atoms with Crippen LogP contribution >= 0.6 is 19.8 Å². The fourth-order valence-electron chi connectivity index (χ4n) is 8.09. The van der Waals surface area contributed by atoms with Crippen LogP contribution in [0.1, 0.15) is 22.3 Å². The summed E-state index contributed by atoms with van der Waals surface area (Å²) in [6.07, 6.45) is 0. The first-order valence-corrected chi connectivity index (χ1v) is 21.4. The van der Waals surface area contributed by atoms with Crippen LogP contribution in [0, 0.1) is 11.3 Å². The minimum atomic E-state index is -1.84. The van der Waals surface area contributed by atoms with Crippen molar-refractivity contribution in [1.29, 1.82) is 5.26 Å². The zero-order valence-electron chi connectivity index (χ0n) is 28.5. The van der Waals surface area contributed by atoms with Crippen LogP contribution in [-0.2, 0) is 3.55 Å². The van der Waals surface area contributed by atoms with Gasteiger partial charge in [-0.25, -0.2) is 0 Å². The summed E-state index contributed by atoms with van der Waals surface area (Å²) in [5.41, 5.74) is 11.1. The van der Waals surface area contributed by atoms with Crippen LogP contribution in [-0.4, -0.2) is 23.1 Å². The van der Waals surface area contributed by atoms with Crippen LogP contribution in [0.3, 0.4) is 0 Å². The molecule has 0 bridgehead atoms. The van der Waals surface area contributed by atoms with Crippen molar-refractivity contribution < 1.29 is 0 Å². The number of benzene rings is 7. The van der Waals surface area contributed by atoms with Crippen molar-refractivity contribution in [1.82, 2.24) is 9.13 Å². The number of halogens is 1. The maximum absolute atomic E-state index is 9.50. The minimum absolute atomic E-state index is 0.255. The molecule has 1 unspecified atom stereocenters. The van der Waals surface area contributed by atoms with Crippen molar-refractivity contribution >= 4 is 73.0 Å². The molecule has 4 heterocycles. The molecule has 6 heteroatoms. The molecule has 0 radical (unpaired) electrons. The number of nitriles is 1. The summed E-state index contributed by atoms with van der Waals surface area (Å²) in [6.45, 7) is 0. The molecule has 11 rings (SSSR count). The number of alkyl halides is 2. The summed E-state index contributed by atoms with van der Waals surface area (Å²) in [6, 6.07) is 62.6. The average molecular weight is 792 g/mol. The Morgan fingerprint density at radius 3 is 1.42 bits per heavy atom. The zero-order valence-corrected chi connectivity index (χ0v) is 30.6. The fraction of sp³-hybridized carbons (Fsp3) is 0.0426. The Kier molecular flexibility index (Phi) is 6.64. The van der Waals surface area contributed by atoms with Crippen molar-refractivity contribution in [3.63, 3.8) is 0 Å². The number of hydrogen-bond acceptors (Lipinski definition) is 3. The van der Waals surface area contributed by atoms with Crippen LogP contribution < -0.4 is 0 Å². The van der Waals surface area contributed by atoms with E-state index >= 15 is 0 Å². The van der Waals surface area contributed by atoms with Crippen molar-refractivity contribution in [3.8, 4) is 17.4 Å². The van der Waals surface area contributed by atoms with Gasteiger partial charge in [-0.3, -0.25) is 0 Å². The normalized spacial score (nSPS) is 17.2. The van der Waals surface area contributed by atoms with E-state index in [-0.39, 0.29) is 3.55 Å². The zero-order chi connectivity index (χ0) is 35.1. The Morgan fingerprint density at radius 2 is 0.943 bits per heavy atom. The van der Waals surface area contributed by atoms with Crippen LogP contribution in [0.2, 0.25) is 0 Å². The van der Waals surface area contributed by atoms with E-state index in [9.17, 15) is 5.26 Å². The first-order valence-electron chi connectivity index (χ1n) is 17.7. The monoisotopic (exact) mass is 791 g/mol. The van der Waals surface area contributed by atoms with Crippen LogP contribution in [0.5, 0.6) is 0 Å². The van der Waals surface area contributed by atoms with Crippen molar-refractivity contribution in [2.75, 3.05) is 4.43 Å². The molecule has 0 aliphatic carbocycles. The second-order valence-electron chi connectivity index (χ2n) is 13.6. The Hall–Kier alpha value is -6.30. The molecule has 0 amide bonds. The molecule has 9 aromatic rings. The molecule has 53 heavy (non-hydrogen) atoms. The number of rotatable bonds is 5. The predicted molar refractivity (Wildman–Crippen MR) is 226 cm³/mol. The average Bonchev–Trinajstić information content (AvgIpc) is 3.77. The Morgan fingerprint density at radius 1 is 0.509 bits per heavy atom. The Bertz CT molecular complexity index is 2930. The van der Waals surface area contributed by atoms with Crippen LogP contribution in [0.25, 0.3) is 55.0 Å². The molecular weight excluding hydrogens is 761 g/mol. The Balaban J connectivity index is 1.02. The number of amidine groups is 1. The van der Waals surface area contributed by atoms with Crippen molar-refractivity contribution in [2.24, 2.45) is 9.98 Å². The maximum atomic E-state index is 9.50. The molecule has 0 N–H and O–H groups in total. The molecule has 0 spiro atoms. The van der Waals surface area contributed by atoms with Crippen LogP contribution in [0.4, 0.5) is 0 Å². The standard InChI is InChI=1S/C47H30IN5/c49-29-31-17-19-32(20-18-31)45-48-30-47(48,34-23-27-36(28-24-34)53-43-15-7-3-11-39(43)40-12-4-8-16-44(40)53)51-46(50-45)33-21-25-35(26-22-33)52-41-13-5-1-9-37(41)38-10-2-6-14-42(38)52/h1-28H,30H2. The van der Waals surface area contributed by atoms with E-state index in [1.54, 1.807) is 0 Å². The van der Waals surface area contributed by atoms with Crippen molar-refractivity contribution in [2.45, 2.75) is 3.55 Å². The van der Waals surface area contributed by atoms with Gasteiger partial charge < -0.3 is 0 Å². The summed E-state index contributed by atoms with van der Waals surface area (Å²) in [5.74, 6) is 0.774. The molecular formula is C47H30IN5. The van der Waals surface area contributed by atoms with E-state index in [4.69, 9.17) is 9.98 Å². The third-order valence-electron chi connectivity index (χ3n) is 10.7. The summed E-state index contributed by atoms with van der Waals surface area (Å²) in [7, 11) is 0. The molecule has 2 aromatic heterocycles. The number of nitrogens with zero attached hydrogens (tertiary/aromatic N) is 5. The second-order valence-corrected chi connectivity index (χ2v) is 19.2. The van der Waals surface area contributed by atoms with E-state index in [2.05, 4.69) is 173 Å². The second kappa shape index (κ2) is 11.6. The van der Waals surface area contributed by atoms with E-state index in [1.165, 1.54) is 52.9 Å². The predicted octanol–water partition coefficient (Wildman–Crippen LogP) is 11.3. The first-order chi connectivity index (χ1) is 26.2. The van der Waals surface area contributed by atoms with Gasteiger partial charge in [0.15, 0.2) is 0 Å². The summed E-state index contributed by atoms with van der Waals surface area (Å²) < 4.78 is 6.67. The van der Waals surface area contributed by atoms with Gasteiger partial charge in [-0.15, -0.1) is 0 Å². The van der Waals surface area contributed by atoms with Gasteiger partial charge >= 0.3 is 315 Å². The number of para-hydroxylation sites is 4. The summed E-state index contributed by atoms with van der Waals surface area (Å²) in [4.78, 5) is 10.9. The van der Waals surface area contributed by atoms with Gasteiger partial charge in [-0.2, -0.15) is 0 Å². The van der Waals surface area contributed by atoms with Gasteiger partial charge in [0.1, 0.15) is 0 Å². The Labute approximate surface area is 313 Å². The molecule has 1 atom stereocenters. The number of fused-ring (bicyclic) bond motifs is 7. The molecule has 7 aromatic carbocycles. The third kappa shape index (κ3) is 4.60. The van der Waals surface area contributed by atoms with Crippen LogP contribution in [0.15, 0.2) is 180 Å². The fourth-order valence-corrected chi connectivity index (χ4v) is 15.0. The van der Waals surface area contributed by atoms with E-state index in [0.29, 0.717) is 5.56 Å². The van der Waals surface area contributed by atoms with Gasteiger partial charge in [-0.1, -0.05) is 0 Å². The van der Waals surface area contributed by atoms with E-state index in [0.717, 1.165) is 32.8 Å². The topological polar surface area (TPSA) is 58.4 Å². The number of hydrogen-bond donors (Lipinski definition) is 0. The van der Waals surface area contributed by atoms with Gasteiger partial charge in [0.05, 0.1) is 0 Å². The summed E-state index contributed by atoms with van der Waals surface area (Å²) >= 11 is -1.84. The quantitative estimate of drug-likeness (QED) is 0.0973. The summed E-state index contributed by atoms with van der Waals surface area (Å²) in [5, 5.41) is 14.5. The molecule has 2 aliphatic rings. The number of aromatic nitrogens is 2. The van der Waals surface area contributed by atoms with Crippen molar-refractivity contribution in [3.05, 3.63) is 192 Å². The van der Waals surface area contributed by atoms with Gasteiger partial charge in [-0.05, 0) is 0 Å². The molecule has 0 saturated carbocycles. The number of aliphatic imine (C=N–C) groups is 2. The van der Waals surface area contributed by atoms with E-state index < -0.39 is 19.8 Å². The third-order valence-corrected chi connectivity index (χ3v) is 17.1. The van der Waals surface area contributed by atoms with Gasteiger partial charge in [0, 0.05) is 0 Å². The van der Waals surface area contributed by atoms with Gasteiger partial charge in [0.25, 0.3) is 0 Å². The van der Waals surface area contributed by atoms with Gasteiger partial charge in [0.2, 0.25) is 0 Å². The molecule has 5 nitrogen and oxygen atoms in total. The SMILES string of the molecule is N#Cc1ccc(C2=NC(c3ccc(-n4c5ccccc5c5ccccc54)cc3)=NC3(c4ccc(-n5c6ccccc6c6ccccc65)cc4)CI23)cc1. The molecule has 1 fully saturated rings. The van der Waals surface area contributed by atoms with E-state index in [1.807, 2.05) is 12.1 Å². The molecule has 250 valence electrons.